The van der Waals surface area contributed by atoms with Gasteiger partial charge in [0.25, 0.3) is 5.91 Å². The van der Waals surface area contributed by atoms with Gasteiger partial charge in [-0.05, 0) is 71.7 Å². The number of rotatable bonds is 7. The first-order chi connectivity index (χ1) is 19.2. The highest BCUT2D eigenvalue weighted by Crippen LogP contribution is 2.35. The molecule has 0 fully saturated rings. The summed E-state index contributed by atoms with van der Waals surface area (Å²) in [4.78, 5) is 31.4. The molecular weight excluding hydrogens is 561 g/mol. The Morgan fingerprint density at radius 1 is 0.925 bits per heavy atom. The van der Waals surface area contributed by atoms with E-state index < -0.39 is 0 Å². The minimum absolute atomic E-state index is 0.122. The van der Waals surface area contributed by atoms with Crippen molar-refractivity contribution in [3.05, 3.63) is 117 Å². The summed E-state index contributed by atoms with van der Waals surface area (Å²) in [5.74, 6) is -0.0116. The first-order valence-electron chi connectivity index (χ1n) is 12.6. The highest BCUT2D eigenvalue weighted by atomic mass is 35.5. The maximum absolute atomic E-state index is 13.1. The summed E-state index contributed by atoms with van der Waals surface area (Å²) >= 11 is 13.4. The molecule has 0 aliphatic rings. The molecule has 2 heterocycles. The molecule has 5 aromatic rings. The van der Waals surface area contributed by atoms with Crippen molar-refractivity contribution in [2.75, 3.05) is 11.1 Å². The molecule has 0 aliphatic heterocycles. The van der Waals surface area contributed by atoms with Gasteiger partial charge in [0.1, 0.15) is 9.71 Å². The second kappa shape index (κ2) is 11.6. The lowest BCUT2D eigenvalue weighted by molar-refractivity contribution is 0.102. The SMILES string of the molecule is CC(C)c1ccc(/C=C/C(=O)c2ccc(NC(=O)c3sc4nc(-c5ccc(Cl)c(Cl)c5)ccc4c3N)cc2)cc1. The minimum atomic E-state index is -0.347. The molecule has 0 atom stereocenters. The second-order valence-corrected chi connectivity index (χ2v) is 11.4. The summed E-state index contributed by atoms with van der Waals surface area (Å²) in [5.41, 5.74) is 11.5. The lowest BCUT2D eigenvalue weighted by Crippen LogP contribution is -2.12. The molecule has 200 valence electrons. The third-order valence-electron chi connectivity index (χ3n) is 6.47. The fraction of sp³-hybridized carbons (Fsp3) is 0.0938. The van der Waals surface area contributed by atoms with Crippen molar-refractivity contribution < 1.29 is 9.59 Å². The van der Waals surface area contributed by atoms with Gasteiger partial charge in [0, 0.05) is 22.2 Å². The summed E-state index contributed by atoms with van der Waals surface area (Å²) in [6, 6.07) is 23.9. The van der Waals surface area contributed by atoms with Crippen molar-refractivity contribution in [2.24, 2.45) is 0 Å². The monoisotopic (exact) mass is 585 g/mol. The standard InChI is InChI=1S/C32H25Cl2N3O2S/c1-18(2)20-6-3-19(4-7-20)5-16-28(38)21-8-11-23(12-9-21)36-31(39)30-29(35)24-13-15-27(37-32(24)40-30)22-10-14-25(33)26(34)17-22/h3-18H,35H2,1-2H3,(H,36,39)/b16-5+. The van der Waals surface area contributed by atoms with E-state index in [0.29, 0.717) is 53.7 Å². The number of carbonyl (C=O) groups is 2. The second-order valence-electron chi connectivity index (χ2n) is 9.57. The lowest BCUT2D eigenvalue weighted by Gasteiger charge is -2.05. The molecule has 0 radical (unpaired) electrons. The van der Waals surface area contributed by atoms with E-state index in [0.717, 1.165) is 11.1 Å². The van der Waals surface area contributed by atoms with Crippen LogP contribution in [0, 0.1) is 0 Å². The number of nitrogens with zero attached hydrogens (tertiary/aromatic N) is 1. The summed E-state index contributed by atoms with van der Waals surface area (Å²) in [7, 11) is 0. The van der Waals surface area contributed by atoms with Crippen LogP contribution in [0.1, 0.15) is 50.9 Å². The molecule has 5 rings (SSSR count). The van der Waals surface area contributed by atoms with E-state index in [-0.39, 0.29) is 11.7 Å². The number of nitrogens with two attached hydrogens (primary N) is 1. The molecule has 1 amide bonds. The van der Waals surface area contributed by atoms with E-state index in [1.807, 2.05) is 30.3 Å². The van der Waals surface area contributed by atoms with Crippen LogP contribution in [0.5, 0.6) is 0 Å². The number of carbonyl (C=O) groups excluding carboxylic acids is 2. The molecule has 8 heteroatoms. The number of nitrogens with one attached hydrogen (secondary N) is 1. The summed E-state index contributed by atoms with van der Waals surface area (Å²) < 4.78 is 0. The molecule has 3 aromatic carbocycles. The smallest absolute Gasteiger partial charge is 0.267 e. The van der Waals surface area contributed by atoms with Gasteiger partial charge in [-0.2, -0.15) is 0 Å². The predicted octanol–water partition coefficient (Wildman–Crippen LogP) is 9.12. The third kappa shape index (κ3) is 5.94. The highest BCUT2D eigenvalue weighted by Gasteiger charge is 2.18. The van der Waals surface area contributed by atoms with Crippen molar-refractivity contribution in [2.45, 2.75) is 19.8 Å². The van der Waals surface area contributed by atoms with Crippen LogP contribution >= 0.6 is 34.5 Å². The number of hydrogen-bond donors (Lipinski definition) is 2. The Kier molecular flexibility index (Phi) is 8.03. The van der Waals surface area contributed by atoms with Gasteiger partial charge in [-0.15, -0.1) is 11.3 Å². The predicted molar refractivity (Wildman–Crippen MR) is 168 cm³/mol. The van der Waals surface area contributed by atoms with E-state index in [9.17, 15) is 9.59 Å². The highest BCUT2D eigenvalue weighted by molar-refractivity contribution is 7.21. The van der Waals surface area contributed by atoms with Crippen molar-refractivity contribution in [3.63, 3.8) is 0 Å². The van der Waals surface area contributed by atoms with Crippen molar-refractivity contribution >= 4 is 73.9 Å². The zero-order chi connectivity index (χ0) is 28.4. The number of fused-ring (bicyclic) bond motifs is 1. The van der Waals surface area contributed by atoms with Crippen LogP contribution in [0.15, 0.2) is 84.9 Å². The Balaban J connectivity index is 1.28. The fourth-order valence-electron chi connectivity index (χ4n) is 4.15. The summed E-state index contributed by atoms with van der Waals surface area (Å²) in [5, 5.41) is 4.46. The topological polar surface area (TPSA) is 85.1 Å². The van der Waals surface area contributed by atoms with E-state index >= 15 is 0 Å². The van der Waals surface area contributed by atoms with E-state index in [1.165, 1.54) is 16.9 Å². The largest absolute Gasteiger partial charge is 0.397 e. The van der Waals surface area contributed by atoms with Crippen molar-refractivity contribution in [1.29, 1.82) is 0 Å². The Hall–Kier alpha value is -3.97. The molecule has 0 unspecified atom stereocenters. The Labute approximate surface area is 246 Å². The molecule has 5 nitrogen and oxygen atoms in total. The molecule has 3 N–H and O–H groups in total. The third-order valence-corrected chi connectivity index (χ3v) is 8.33. The van der Waals surface area contributed by atoms with Crippen LogP contribution in [-0.4, -0.2) is 16.7 Å². The Bertz CT molecular complexity index is 1760. The molecule has 2 aromatic heterocycles. The Morgan fingerprint density at radius 3 is 2.33 bits per heavy atom. The average molecular weight is 587 g/mol. The number of halogens is 2. The molecule has 0 spiro atoms. The quantitative estimate of drug-likeness (QED) is 0.147. The summed E-state index contributed by atoms with van der Waals surface area (Å²) in [6.07, 6.45) is 3.35. The van der Waals surface area contributed by atoms with Crippen LogP contribution in [0.3, 0.4) is 0 Å². The minimum Gasteiger partial charge on any atom is -0.397 e. The van der Waals surface area contributed by atoms with Crippen LogP contribution in [-0.2, 0) is 0 Å². The zero-order valence-electron chi connectivity index (χ0n) is 21.7. The van der Waals surface area contributed by atoms with Gasteiger partial charge >= 0.3 is 0 Å². The maximum atomic E-state index is 13.1. The lowest BCUT2D eigenvalue weighted by atomic mass is 10.0. The van der Waals surface area contributed by atoms with E-state index in [4.69, 9.17) is 28.9 Å². The zero-order valence-corrected chi connectivity index (χ0v) is 24.1. The van der Waals surface area contributed by atoms with Gasteiger partial charge in [-0.1, -0.05) is 73.5 Å². The maximum Gasteiger partial charge on any atom is 0.267 e. The number of anilines is 2. The number of amides is 1. The average Bonchev–Trinajstić information content (AvgIpc) is 3.29. The van der Waals surface area contributed by atoms with Crippen molar-refractivity contribution in [3.8, 4) is 11.3 Å². The van der Waals surface area contributed by atoms with E-state index in [2.05, 4.69) is 36.3 Å². The normalized spacial score (nSPS) is 11.4. The number of pyridine rings is 1. The van der Waals surface area contributed by atoms with Gasteiger partial charge < -0.3 is 11.1 Å². The number of ketones is 1. The van der Waals surface area contributed by atoms with Gasteiger partial charge in [0.05, 0.1) is 21.4 Å². The van der Waals surface area contributed by atoms with Crippen LogP contribution < -0.4 is 11.1 Å². The van der Waals surface area contributed by atoms with Crippen LogP contribution in [0.25, 0.3) is 27.6 Å². The molecule has 0 saturated carbocycles. The number of nitrogen functional groups attached to an aromatic ring is 1. The molecule has 0 bridgehead atoms. The Morgan fingerprint density at radius 2 is 1.65 bits per heavy atom. The van der Waals surface area contributed by atoms with E-state index in [1.54, 1.807) is 48.6 Å². The number of thiophene rings is 1. The first-order valence-corrected chi connectivity index (χ1v) is 14.1. The molecule has 0 saturated heterocycles. The van der Waals surface area contributed by atoms with Gasteiger partial charge in [0.15, 0.2) is 5.78 Å². The molecule has 40 heavy (non-hydrogen) atoms. The number of allylic oxidation sites excluding steroid dienone is 1. The first kappa shape index (κ1) is 27.6. The number of benzene rings is 3. The van der Waals surface area contributed by atoms with Gasteiger partial charge in [-0.25, -0.2) is 4.98 Å². The number of aromatic nitrogens is 1. The van der Waals surface area contributed by atoms with Gasteiger partial charge in [0.2, 0.25) is 0 Å². The van der Waals surface area contributed by atoms with Crippen LogP contribution in [0.4, 0.5) is 11.4 Å². The van der Waals surface area contributed by atoms with Crippen LogP contribution in [0.2, 0.25) is 10.0 Å². The molecular formula is C32H25Cl2N3O2S. The fourth-order valence-corrected chi connectivity index (χ4v) is 5.43. The summed E-state index contributed by atoms with van der Waals surface area (Å²) in [6.45, 7) is 4.29. The number of hydrogen-bond acceptors (Lipinski definition) is 5. The molecule has 0 aliphatic carbocycles. The van der Waals surface area contributed by atoms with Crippen molar-refractivity contribution in [1.82, 2.24) is 4.98 Å². The van der Waals surface area contributed by atoms with Gasteiger partial charge in [-0.3, -0.25) is 9.59 Å².